The summed E-state index contributed by atoms with van der Waals surface area (Å²) in [6, 6.07) is 3.81. The van der Waals surface area contributed by atoms with Crippen LogP contribution in [0.5, 0.6) is 0 Å². The minimum Gasteiger partial charge on any atom is -0.381 e. The molecule has 0 unspecified atom stereocenters. The van der Waals surface area contributed by atoms with E-state index in [4.69, 9.17) is 11.0 Å². The average molecular weight is 214 g/mol. The minimum atomic E-state index is 0.185. The third kappa shape index (κ3) is 1.70. The van der Waals surface area contributed by atoms with E-state index in [1.54, 1.807) is 0 Å². The lowest BCUT2D eigenvalue weighted by atomic mass is 10.3. The molecule has 0 bridgehead atoms. The predicted molar refractivity (Wildman–Crippen MR) is 57.8 cm³/mol. The van der Waals surface area contributed by atoms with E-state index in [9.17, 15) is 0 Å². The highest BCUT2D eigenvalue weighted by Crippen LogP contribution is 2.10. The Kier molecular flexibility index (Phi) is 2.29. The standard InChI is InChI=1S/C10H10N6/c1-6-3-7(2)14-10(13-6)16-5-8(4-11)9(12)15-16/h3,5H,1-2H3,(H2,12,15). The van der Waals surface area contributed by atoms with E-state index in [-0.39, 0.29) is 5.82 Å². The van der Waals surface area contributed by atoms with E-state index in [0.717, 1.165) is 11.4 Å². The lowest BCUT2D eigenvalue weighted by Crippen LogP contribution is -2.04. The molecule has 0 spiro atoms. The van der Waals surface area contributed by atoms with Crippen LogP contribution in [0.3, 0.4) is 0 Å². The summed E-state index contributed by atoms with van der Waals surface area (Å²) in [4.78, 5) is 8.43. The number of nitriles is 1. The Hall–Kier alpha value is -2.42. The van der Waals surface area contributed by atoms with Crippen molar-refractivity contribution in [2.75, 3.05) is 5.73 Å². The maximum absolute atomic E-state index is 8.76. The highest BCUT2D eigenvalue weighted by molar-refractivity contribution is 5.47. The van der Waals surface area contributed by atoms with Gasteiger partial charge in [0.2, 0.25) is 0 Å². The molecule has 0 fully saturated rings. The maximum Gasteiger partial charge on any atom is 0.251 e. The molecule has 0 amide bonds. The number of aryl methyl sites for hydroxylation is 2. The molecule has 0 aromatic carbocycles. The predicted octanol–water partition coefficient (Wildman–Crippen LogP) is 0.733. The van der Waals surface area contributed by atoms with Gasteiger partial charge in [0.25, 0.3) is 5.95 Å². The highest BCUT2D eigenvalue weighted by Gasteiger charge is 2.08. The molecule has 16 heavy (non-hydrogen) atoms. The van der Waals surface area contributed by atoms with E-state index in [1.807, 2.05) is 26.0 Å². The quantitative estimate of drug-likeness (QED) is 0.755. The smallest absolute Gasteiger partial charge is 0.251 e. The Labute approximate surface area is 92.4 Å². The fraction of sp³-hybridized carbons (Fsp3) is 0.200. The molecule has 0 aliphatic rings. The van der Waals surface area contributed by atoms with Gasteiger partial charge in [-0.2, -0.15) is 5.26 Å². The van der Waals surface area contributed by atoms with Crippen molar-refractivity contribution >= 4 is 5.82 Å². The van der Waals surface area contributed by atoms with E-state index in [2.05, 4.69) is 15.1 Å². The highest BCUT2D eigenvalue weighted by atomic mass is 15.4. The van der Waals surface area contributed by atoms with Gasteiger partial charge in [0.1, 0.15) is 11.6 Å². The molecule has 6 nitrogen and oxygen atoms in total. The van der Waals surface area contributed by atoms with Crippen LogP contribution in [0.1, 0.15) is 17.0 Å². The lowest BCUT2D eigenvalue weighted by molar-refractivity contribution is 0.797. The number of hydrogen-bond donors (Lipinski definition) is 1. The monoisotopic (exact) mass is 214 g/mol. The minimum absolute atomic E-state index is 0.185. The summed E-state index contributed by atoms with van der Waals surface area (Å²) in [6.45, 7) is 3.74. The third-order valence-electron chi connectivity index (χ3n) is 2.04. The summed E-state index contributed by atoms with van der Waals surface area (Å²) in [5.41, 5.74) is 7.56. The van der Waals surface area contributed by atoms with Gasteiger partial charge in [-0.25, -0.2) is 14.6 Å². The molecule has 2 aromatic heterocycles. The molecule has 2 aromatic rings. The van der Waals surface area contributed by atoms with Gasteiger partial charge in [0, 0.05) is 11.4 Å². The van der Waals surface area contributed by atoms with Gasteiger partial charge in [0.05, 0.1) is 6.20 Å². The molecular weight excluding hydrogens is 204 g/mol. The summed E-state index contributed by atoms with van der Waals surface area (Å²) in [7, 11) is 0. The second-order valence-corrected chi connectivity index (χ2v) is 3.44. The van der Waals surface area contributed by atoms with Gasteiger partial charge in [-0.1, -0.05) is 0 Å². The summed E-state index contributed by atoms with van der Waals surface area (Å²) in [5.74, 6) is 0.607. The number of nitrogens with zero attached hydrogens (tertiary/aromatic N) is 5. The van der Waals surface area contributed by atoms with Gasteiger partial charge in [-0.3, -0.25) is 0 Å². The first kappa shape index (κ1) is 10.1. The lowest BCUT2D eigenvalue weighted by Gasteiger charge is -2.01. The Balaban J connectivity index is 2.55. The van der Waals surface area contributed by atoms with Gasteiger partial charge in [0.15, 0.2) is 5.82 Å². The molecule has 0 atom stereocenters. The molecule has 2 rings (SSSR count). The normalized spacial score (nSPS) is 10.1. The van der Waals surface area contributed by atoms with Gasteiger partial charge < -0.3 is 5.73 Å². The van der Waals surface area contributed by atoms with Crippen molar-refractivity contribution in [3.8, 4) is 12.0 Å². The third-order valence-corrected chi connectivity index (χ3v) is 2.04. The molecule has 0 saturated carbocycles. The van der Waals surface area contributed by atoms with E-state index >= 15 is 0 Å². The van der Waals surface area contributed by atoms with Crippen LogP contribution in [0.15, 0.2) is 12.3 Å². The second kappa shape index (κ2) is 3.62. The van der Waals surface area contributed by atoms with Gasteiger partial charge in [-0.15, -0.1) is 5.10 Å². The van der Waals surface area contributed by atoms with Crippen LogP contribution in [0.4, 0.5) is 5.82 Å². The Morgan fingerprint density at radius 1 is 1.31 bits per heavy atom. The zero-order valence-electron chi connectivity index (χ0n) is 8.97. The topological polar surface area (TPSA) is 93.4 Å². The molecular formula is C10H10N6. The number of aromatic nitrogens is 4. The van der Waals surface area contributed by atoms with Crippen LogP contribution in [-0.4, -0.2) is 19.7 Å². The Morgan fingerprint density at radius 2 is 1.94 bits per heavy atom. The first-order valence-electron chi connectivity index (χ1n) is 4.68. The van der Waals surface area contributed by atoms with Crippen LogP contribution in [-0.2, 0) is 0 Å². The van der Waals surface area contributed by atoms with Crippen molar-refractivity contribution in [1.29, 1.82) is 5.26 Å². The van der Waals surface area contributed by atoms with Crippen molar-refractivity contribution in [3.05, 3.63) is 29.2 Å². The number of hydrogen-bond acceptors (Lipinski definition) is 5. The van der Waals surface area contributed by atoms with Crippen LogP contribution < -0.4 is 5.73 Å². The first-order valence-corrected chi connectivity index (χ1v) is 4.68. The summed E-state index contributed by atoms with van der Waals surface area (Å²) >= 11 is 0. The van der Waals surface area contributed by atoms with Crippen LogP contribution in [0.25, 0.3) is 5.95 Å². The number of nitrogen functional groups attached to an aromatic ring is 1. The van der Waals surface area contributed by atoms with E-state index < -0.39 is 0 Å². The molecule has 80 valence electrons. The second-order valence-electron chi connectivity index (χ2n) is 3.44. The van der Waals surface area contributed by atoms with Crippen molar-refractivity contribution < 1.29 is 0 Å². The molecule has 0 aliphatic heterocycles. The molecule has 2 heterocycles. The van der Waals surface area contributed by atoms with Gasteiger partial charge >= 0.3 is 0 Å². The zero-order valence-corrected chi connectivity index (χ0v) is 8.97. The molecule has 6 heteroatoms. The fourth-order valence-corrected chi connectivity index (χ4v) is 1.39. The molecule has 2 N–H and O–H groups in total. The van der Waals surface area contributed by atoms with Gasteiger partial charge in [-0.05, 0) is 19.9 Å². The molecule has 0 aliphatic carbocycles. The zero-order chi connectivity index (χ0) is 11.7. The van der Waals surface area contributed by atoms with Crippen LogP contribution in [0, 0.1) is 25.2 Å². The Morgan fingerprint density at radius 3 is 2.44 bits per heavy atom. The number of rotatable bonds is 1. The summed E-state index contributed by atoms with van der Waals surface area (Å²) in [5, 5.41) is 12.7. The number of anilines is 1. The van der Waals surface area contributed by atoms with Crippen LogP contribution in [0.2, 0.25) is 0 Å². The summed E-state index contributed by atoms with van der Waals surface area (Å²) < 4.78 is 1.41. The molecule has 0 radical (unpaired) electrons. The van der Waals surface area contributed by atoms with Crippen molar-refractivity contribution in [2.45, 2.75) is 13.8 Å². The molecule has 0 saturated heterocycles. The van der Waals surface area contributed by atoms with Crippen LogP contribution >= 0.6 is 0 Å². The fourth-order valence-electron chi connectivity index (χ4n) is 1.39. The SMILES string of the molecule is Cc1cc(C)nc(-n2cc(C#N)c(N)n2)n1. The maximum atomic E-state index is 8.76. The Bertz CT molecular complexity index is 557. The average Bonchev–Trinajstić information content (AvgIpc) is 2.58. The van der Waals surface area contributed by atoms with Crippen molar-refractivity contribution in [2.24, 2.45) is 0 Å². The van der Waals surface area contributed by atoms with Crippen molar-refractivity contribution in [3.63, 3.8) is 0 Å². The van der Waals surface area contributed by atoms with E-state index in [0.29, 0.717) is 11.5 Å². The largest absolute Gasteiger partial charge is 0.381 e. The summed E-state index contributed by atoms with van der Waals surface area (Å²) in [6.07, 6.45) is 1.52. The van der Waals surface area contributed by atoms with E-state index in [1.165, 1.54) is 10.9 Å². The van der Waals surface area contributed by atoms with Crippen molar-refractivity contribution in [1.82, 2.24) is 19.7 Å². The first-order chi connectivity index (χ1) is 7.60. The number of nitrogens with two attached hydrogens (primary N) is 1.